The number of Topliss-reactive ketones (excluding diaryl/α,β-unsaturated/α-hetero) is 1. The lowest BCUT2D eigenvalue weighted by atomic mass is 10.1. The number of carbonyl (C=O) groups is 2. The van der Waals surface area contributed by atoms with Crippen LogP contribution in [-0.2, 0) is 6.42 Å². The third-order valence-corrected chi connectivity index (χ3v) is 4.26. The van der Waals surface area contributed by atoms with Crippen LogP contribution in [0.5, 0.6) is 0 Å². The highest BCUT2D eigenvalue weighted by atomic mass is 35.5. The van der Waals surface area contributed by atoms with Gasteiger partial charge in [0.15, 0.2) is 5.78 Å². The number of aromatic nitrogens is 2. The molecular weight excluding hydrogens is 376 g/mol. The summed E-state index contributed by atoms with van der Waals surface area (Å²) in [4.78, 5) is 32.0. The van der Waals surface area contributed by atoms with Crippen molar-refractivity contribution in [2.45, 2.75) is 13.3 Å². The molecule has 7 heteroatoms. The van der Waals surface area contributed by atoms with Crippen LogP contribution in [0.2, 0.25) is 5.02 Å². The molecule has 1 heterocycles. The van der Waals surface area contributed by atoms with Gasteiger partial charge in [0.2, 0.25) is 0 Å². The Kier molecular flexibility index (Phi) is 6.34. The number of amides is 1. The van der Waals surface area contributed by atoms with Crippen LogP contribution in [-0.4, -0.2) is 28.2 Å². The Balaban J connectivity index is 1.61. The van der Waals surface area contributed by atoms with Gasteiger partial charge in [-0.25, -0.2) is 9.97 Å². The topological polar surface area (TPSA) is 84.0 Å². The minimum absolute atomic E-state index is 0.0221. The van der Waals surface area contributed by atoms with Gasteiger partial charge in [-0.3, -0.25) is 9.59 Å². The van der Waals surface area contributed by atoms with Crippen molar-refractivity contribution in [2.24, 2.45) is 0 Å². The number of halogens is 1. The quantitative estimate of drug-likeness (QED) is 0.590. The Labute approximate surface area is 168 Å². The number of nitrogens with zero attached hydrogens (tertiary/aromatic N) is 2. The SMILES string of the molecule is CC(=O)c1cccc(Nc2cc(C(=O)NCCc3cccc(Cl)c3)ncn2)c1. The Bertz CT molecular complexity index is 1010. The van der Waals surface area contributed by atoms with Gasteiger partial charge in [0.05, 0.1) is 0 Å². The summed E-state index contributed by atoms with van der Waals surface area (Å²) in [6.07, 6.45) is 1.99. The van der Waals surface area contributed by atoms with Gasteiger partial charge in [-0.15, -0.1) is 0 Å². The zero-order valence-electron chi connectivity index (χ0n) is 15.3. The van der Waals surface area contributed by atoms with Crippen molar-refractivity contribution in [1.29, 1.82) is 0 Å². The average molecular weight is 395 g/mol. The molecule has 6 nitrogen and oxygen atoms in total. The van der Waals surface area contributed by atoms with Crippen molar-refractivity contribution in [2.75, 3.05) is 11.9 Å². The number of ketones is 1. The molecule has 28 heavy (non-hydrogen) atoms. The summed E-state index contributed by atoms with van der Waals surface area (Å²) in [5, 5.41) is 6.59. The van der Waals surface area contributed by atoms with Crippen LogP contribution in [0.15, 0.2) is 60.9 Å². The predicted octanol–water partition coefficient (Wildman–Crippen LogP) is 4.05. The van der Waals surface area contributed by atoms with Crippen LogP contribution in [0.1, 0.15) is 33.3 Å². The van der Waals surface area contributed by atoms with Crippen molar-refractivity contribution < 1.29 is 9.59 Å². The smallest absolute Gasteiger partial charge is 0.270 e. The summed E-state index contributed by atoms with van der Waals surface area (Å²) in [6, 6.07) is 16.2. The molecule has 3 aromatic rings. The number of benzene rings is 2. The largest absolute Gasteiger partial charge is 0.350 e. The maximum atomic E-state index is 12.4. The van der Waals surface area contributed by atoms with Gasteiger partial charge in [0.25, 0.3) is 5.91 Å². The second-order valence-corrected chi connectivity index (χ2v) is 6.62. The van der Waals surface area contributed by atoms with E-state index in [1.54, 1.807) is 24.3 Å². The van der Waals surface area contributed by atoms with Crippen LogP contribution in [0.4, 0.5) is 11.5 Å². The Hall–Kier alpha value is -3.25. The van der Waals surface area contributed by atoms with Crippen LogP contribution < -0.4 is 10.6 Å². The summed E-state index contributed by atoms with van der Waals surface area (Å²) < 4.78 is 0. The van der Waals surface area contributed by atoms with Crippen molar-refractivity contribution in [3.8, 4) is 0 Å². The van der Waals surface area contributed by atoms with Gasteiger partial charge >= 0.3 is 0 Å². The first kappa shape index (κ1) is 19.5. The van der Waals surface area contributed by atoms with Crippen molar-refractivity contribution in [1.82, 2.24) is 15.3 Å². The van der Waals surface area contributed by atoms with E-state index in [4.69, 9.17) is 11.6 Å². The van der Waals surface area contributed by atoms with E-state index in [-0.39, 0.29) is 17.4 Å². The molecular formula is C21H19ClN4O2. The number of anilines is 2. The maximum Gasteiger partial charge on any atom is 0.270 e. The van der Waals surface area contributed by atoms with Crippen LogP contribution in [0.3, 0.4) is 0 Å². The number of hydrogen-bond acceptors (Lipinski definition) is 5. The number of nitrogens with one attached hydrogen (secondary N) is 2. The van der Waals surface area contributed by atoms with Gasteiger partial charge in [0.1, 0.15) is 17.8 Å². The summed E-state index contributed by atoms with van der Waals surface area (Å²) in [5.41, 5.74) is 2.60. The molecule has 0 aliphatic rings. The molecule has 0 saturated carbocycles. The highest BCUT2D eigenvalue weighted by Gasteiger charge is 2.09. The van der Waals surface area contributed by atoms with Gasteiger partial charge in [-0.2, -0.15) is 0 Å². The molecule has 0 aliphatic carbocycles. The zero-order chi connectivity index (χ0) is 19.9. The number of rotatable bonds is 7. The molecule has 142 valence electrons. The fourth-order valence-corrected chi connectivity index (χ4v) is 2.83. The summed E-state index contributed by atoms with van der Waals surface area (Å²) in [5.74, 6) is 0.159. The van der Waals surface area contributed by atoms with E-state index in [1.165, 1.54) is 13.3 Å². The van der Waals surface area contributed by atoms with E-state index < -0.39 is 0 Å². The van der Waals surface area contributed by atoms with Crippen LogP contribution in [0, 0.1) is 0 Å². The van der Waals surface area contributed by atoms with Gasteiger partial charge < -0.3 is 10.6 Å². The standard InChI is InChI=1S/C21H19ClN4O2/c1-14(27)16-5-3-7-18(11-16)26-20-12-19(24-13-25-20)21(28)23-9-8-15-4-2-6-17(22)10-15/h2-7,10-13H,8-9H2,1H3,(H,23,28)(H,24,25,26). The second kappa shape index (κ2) is 9.10. The van der Waals surface area contributed by atoms with Crippen molar-refractivity contribution in [3.05, 3.63) is 82.8 Å². The van der Waals surface area contributed by atoms with Crippen LogP contribution in [0.25, 0.3) is 0 Å². The molecule has 1 aromatic heterocycles. The lowest BCUT2D eigenvalue weighted by Gasteiger charge is -2.09. The Morgan fingerprint density at radius 3 is 2.64 bits per heavy atom. The molecule has 0 saturated heterocycles. The van der Waals surface area contributed by atoms with Crippen molar-refractivity contribution in [3.63, 3.8) is 0 Å². The molecule has 1 amide bonds. The third-order valence-electron chi connectivity index (χ3n) is 4.03. The lowest BCUT2D eigenvalue weighted by molar-refractivity contribution is 0.0948. The number of carbonyl (C=O) groups excluding carboxylic acids is 2. The molecule has 0 atom stereocenters. The fraction of sp³-hybridized carbons (Fsp3) is 0.143. The first-order valence-electron chi connectivity index (χ1n) is 8.74. The molecule has 0 bridgehead atoms. The molecule has 0 fully saturated rings. The van der Waals surface area contributed by atoms with Gasteiger partial charge in [0, 0.05) is 28.9 Å². The molecule has 2 aromatic carbocycles. The molecule has 0 radical (unpaired) electrons. The monoisotopic (exact) mass is 394 g/mol. The van der Waals surface area contributed by atoms with E-state index >= 15 is 0 Å². The molecule has 0 spiro atoms. The average Bonchev–Trinajstić information content (AvgIpc) is 2.68. The lowest BCUT2D eigenvalue weighted by Crippen LogP contribution is -2.26. The van der Waals surface area contributed by atoms with Gasteiger partial charge in [-0.1, -0.05) is 35.9 Å². The van der Waals surface area contributed by atoms with E-state index in [1.807, 2.05) is 30.3 Å². The van der Waals surface area contributed by atoms with E-state index in [0.29, 0.717) is 35.1 Å². The van der Waals surface area contributed by atoms with Gasteiger partial charge in [-0.05, 0) is 43.2 Å². The van der Waals surface area contributed by atoms with E-state index in [2.05, 4.69) is 20.6 Å². The normalized spacial score (nSPS) is 10.4. The molecule has 0 unspecified atom stereocenters. The molecule has 2 N–H and O–H groups in total. The summed E-state index contributed by atoms with van der Waals surface area (Å²) >= 11 is 5.96. The summed E-state index contributed by atoms with van der Waals surface area (Å²) in [6.45, 7) is 1.97. The van der Waals surface area contributed by atoms with Crippen LogP contribution >= 0.6 is 11.6 Å². The highest BCUT2D eigenvalue weighted by Crippen LogP contribution is 2.17. The second-order valence-electron chi connectivity index (χ2n) is 6.19. The van der Waals surface area contributed by atoms with Crippen molar-refractivity contribution >= 4 is 34.8 Å². The Morgan fingerprint density at radius 2 is 1.86 bits per heavy atom. The number of hydrogen-bond donors (Lipinski definition) is 2. The first-order chi connectivity index (χ1) is 13.5. The first-order valence-corrected chi connectivity index (χ1v) is 9.12. The minimum Gasteiger partial charge on any atom is -0.350 e. The summed E-state index contributed by atoms with van der Waals surface area (Å²) in [7, 11) is 0. The zero-order valence-corrected chi connectivity index (χ0v) is 16.0. The fourth-order valence-electron chi connectivity index (χ4n) is 2.62. The predicted molar refractivity (Wildman–Crippen MR) is 109 cm³/mol. The minimum atomic E-state index is -0.287. The molecule has 3 rings (SSSR count). The maximum absolute atomic E-state index is 12.4. The molecule has 0 aliphatic heterocycles. The van der Waals surface area contributed by atoms with E-state index in [9.17, 15) is 9.59 Å². The van der Waals surface area contributed by atoms with E-state index in [0.717, 1.165) is 5.56 Å². The Morgan fingerprint density at radius 1 is 1.04 bits per heavy atom. The third kappa shape index (κ3) is 5.37. The highest BCUT2D eigenvalue weighted by molar-refractivity contribution is 6.30.